The molecule has 28 heavy (non-hydrogen) atoms. The Hall–Kier alpha value is -2.99. The zero-order valence-electron chi connectivity index (χ0n) is 16.4. The van der Waals surface area contributed by atoms with E-state index in [1.807, 2.05) is 67.1 Å². The van der Waals surface area contributed by atoms with Gasteiger partial charge in [0.05, 0.1) is 12.2 Å². The Bertz CT molecular complexity index is 950. The Morgan fingerprint density at radius 1 is 1.21 bits per heavy atom. The van der Waals surface area contributed by atoms with Crippen LogP contribution >= 0.6 is 0 Å². The molecule has 0 aliphatic heterocycles. The Morgan fingerprint density at radius 3 is 2.68 bits per heavy atom. The van der Waals surface area contributed by atoms with E-state index in [9.17, 15) is 9.90 Å². The number of carbonyl (C=O) groups excluding carboxylic acids is 1. The third-order valence-electron chi connectivity index (χ3n) is 4.70. The predicted octanol–water partition coefficient (Wildman–Crippen LogP) is 3.52. The number of aryl methyl sites for hydroxylation is 1. The molecule has 1 heterocycles. The molecule has 0 amide bonds. The number of para-hydroxylation sites is 1. The first kappa shape index (κ1) is 19.8. The van der Waals surface area contributed by atoms with Gasteiger partial charge >= 0.3 is 5.97 Å². The van der Waals surface area contributed by atoms with Gasteiger partial charge in [0, 0.05) is 35.9 Å². The summed E-state index contributed by atoms with van der Waals surface area (Å²) >= 11 is 0. The van der Waals surface area contributed by atoms with E-state index in [2.05, 4.69) is 5.32 Å². The van der Waals surface area contributed by atoms with Crippen LogP contribution in [0.15, 0.2) is 48.5 Å². The summed E-state index contributed by atoms with van der Waals surface area (Å²) in [5.41, 5.74) is 3.27. The molecule has 0 bridgehead atoms. The molecule has 1 unspecified atom stereocenters. The highest BCUT2D eigenvalue weighted by Crippen LogP contribution is 2.29. The van der Waals surface area contributed by atoms with Crippen LogP contribution in [-0.2, 0) is 11.8 Å². The van der Waals surface area contributed by atoms with Crippen LogP contribution in [0.25, 0.3) is 10.9 Å². The van der Waals surface area contributed by atoms with Crippen LogP contribution < -0.4 is 10.1 Å². The van der Waals surface area contributed by atoms with Crippen molar-refractivity contribution in [3.8, 4) is 5.75 Å². The third-order valence-corrected chi connectivity index (χ3v) is 4.70. The van der Waals surface area contributed by atoms with Crippen LogP contribution in [0.3, 0.4) is 0 Å². The number of fused-ring (bicyclic) bond motifs is 1. The van der Waals surface area contributed by atoms with E-state index >= 15 is 0 Å². The lowest BCUT2D eigenvalue weighted by atomic mass is 10.1. The second-order valence-corrected chi connectivity index (χ2v) is 6.63. The zero-order chi connectivity index (χ0) is 20.1. The average molecular weight is 382 g/mol. The minimum atomic E-state index is -0.669. The zero-order valence-corrected chi connectivity index (χ0v) is 16.4. The quantitative estimate of drug-likeness (QED) is 0.583. The van der Waals surface area contributed by atoms with E-state index in [0.717, 1.165) is 22.3 Å². The Kier molecular flexibility index (Phi) is 6.21. The first-order valence-corrected chi connectivity index (χ1v) is 9.37. The van der Waals surface area contributed by atoms with Crippen molar-refractivity contribution in [2.75, 3.05) is 25.1 Å². The topological polar surface area (TPSA) is 72.7 Å². The number of aliphatic hydroxyl groups is 1. The molecular formula is C22H26N2O4. The second kappa shape index (κ2) is 8.80. The van der Waals surface area contributed by atoms with E-state index in [0.29, 0.717) is 24.5 Å². The molecule has 148 valence electrons. The molecule has 1 atom stereocenters. The highest BCUT2D eigenvalue weighted by atomic mass is 16.5. The molecule has 3 aromatic rings. The summed E-state index contributed by atoms with van der Waals surface area (Å²) in [5.74, 6) is 0.261. The number of carbonyl (C=O) groups is 1. The number of esters is 1. The van der Waals surface area contributed by atoms with Gasteiger partial charge in [-0.3, -0.25) is 0 Å². The van der Waals surface area contributed by atoms with Crippen molar-refractivity contribution in [2.45, 2.75) is 20.0 Å². The lowest BCUT2D eigenvalue weighted by Gasteiger charge is -2.14. The molecule has 6 nitrogen and oxygen atoms in total. The number of hydrogen-bond donors (Lipinski definition) is 2. The van der Waals surface area contributed by atoms with E-state index in [1.165, 1.54) is 0 Å². The molecule has 2 aromatic carbocycles. The van der Waals surface area contributed by atoms with Crippen molar-refractivity contribution in [3.05, 3.63) is 59.8 Å². The van der Waals surface area contributed by atoms with Crippen molar-refractivity contribution in [1.29, 1.82) is 0 Å². The number of aliphatic hydroxyl groups excluding tert-OH is 1. The van der Waals surface area contributed by atoms with Gasteiger partial charge in [-0.1, -0.05) is 18.2 Å². The monoisotopic (exact) mass is 382 g/mol. The highest BCUT2D eigenvalue weighted by molar-refractivity contribution is 6.06. The lowest BCUT2D eigenvalue weighted by Crippen LogP contribution is -2.26. The van der Waals surface area contributed by atoms with Gasteiger partial charge in [0.15, 0.2) is 0 Å². The third kappa shape index (κ3) is 4.28. The Morgan fingerprint density at radius 2 is 1.96 bits per heavy atom. The van der Waals surface area contributed by atoms with E-state index < -0.39 is 6.10 Å². The summed E-state index contributed by atoms with van der Waals surface area (Å²) in [4.78, 5) is 12.4. The first-order chi connectivity index (χ1) is 13.5. The minimum Gasteiger partial charge on any atom is -0.491 e. The lowest BCUT2D eigenvalue weighted by molar-refractivity contribution is 0.0527. The second-order valence-electron chi connectivity index (χ2n) is 6.63. The van der Waals surface area contributed by atoms with E-state index in [-0.39, 0.29) is 12.6 Å². The molecule has 2 N–H and O–H groups in total. The maximum Gasteiger partial charge on any atom is 0.340 e. The number of hydrogen-bond acceptors (Lipinski definition) is 5. The minimum absolute atomic E-state index is 0.145. The summed E-state index contributed by atoms with van der Waals surface area (Å²) in [6, 6.07) is 15.3. The standard InChI is InChI=1S/C22H26N2O4/c1-4-27-22(26)21-15(2)24(3)20-11-10-18(12-19(20)21)28-14-17(25)13-23-16-8-6-5-7-9-16/h5-12,17,23,25H,4,13-14H2,1-3H3. The molecule has 0 aliphatic rings. The molecule has 3 rings (SSSR count). The summed E-state index contributed by atoms with van der Waals surface area (Å²) in [5, 5.41) is 14.1. The van der Waals surface area contributed by atoms with Crippen molar-refractivity contribution < 1.29 is 19.4 Å². The molecule has 1 aromatic heterocycles. The number of anilines is 1. The van der Waals surface area contributed by atoms with Crippen molar-refractivity contribution >= 4 is 22.6 Å². The number of benzene rings is 2. The molecule has 6 heteroatoms. The number of nitrogens with one attached hydrogen (secondary N) is 1. The van der Waals surface area contributed by atoms with Crippen molar-refractivity contribution in [3.63, 3.8) is 0 Å². The molecule has 0 spiro atoms. The number of aromatic nitrogens is 1. The van der Waals surface area contributed by atoms with Gasteiger partial charge in [0.2, 0.25) is 0 Å². The van der Waals surface area contributed by atoms with E-state index in [1.54, 1.807) is 6.92 Å². The summed E-state index contributed by atoms with van der Waals surface area (Å²) in [6.07, 6.45) is -0.669. The fourth-order valence-electron chi connectivity index (χ4n) is 3.14. The maximum atomic E-state index is 12.4. The van der Waals surface area contributed by atoms with Crippen LogP contribution in [0, 0.1) is 6.92 Å². The highest BCUT2D eigenvalue weighted by Gasteiger charge is 2.20. The molecule has 0 fully saturated rings. The van der Waals surface area contributed by atoms with Gasteiger partial charge < -0.3 is 24.5 Å². The van der Waals surface area contributed by atoms with Gasteiger partial charge in [0.1, 0.15) is 18.5 Å². The van der Waals surface area contributed by atoms with Gasteiger partial charge in [0.25, 0.3) is 0 Å². The van der Waals surface area contributed by atoms with Crippen LogP contribution in [0.5, 0.6) is 5.75 Å². The average Bonchev–Trinajstić information content (AvgIpc) is 2.95. The van der Waals surface area contributed by atoms with Gasteiger partial charge in [-0.15, -0.1) is 0 Å². The normalized spacial score (nSPS) is 12.0. The van der Waals surface area contributed by atoms with Gasteiger partial charge in [-0.05, 0) is 44.2 Å². The predicted molar refractivity (Wildman–Crippen MR) is 110 cm³/mol. The van der Waals surface area contributed by atoms with Crippen LogP contribution in [0.4, 0.5) is 5.69 Å². The van der Waals surface area contributed by atoms with Crippen molar-refractivity contribution in [1.82, 2.24) is 4.57 Å². The summed E-state index contributed by atoms with van der Waals surface area (Å²) in [7, 11) is 1.92. The smallest absolute Gasteiger partial charge is 0.340 e. The Balaban J connectivity index is 1.69. The summed E-state index contributed by atoms with van der Waals surface area (Å²) in [6.45, 7) is 4.53. The number of ether oxygens (including phenoxy) is 2. The number of nitrogens with zero attached hydrogens (tertiary/aromatic N) is 1. The molecule has 0 aliphatic carbocycles. The van der Waals surface area contributed by atoms with E-state index in [4.69, 9.17) is 9.47 Å². The Labute approximate surface area is 164 Å². The largest absolute Gasteiger partial charge is 0.491 e. The van der Waals surface area contributed by atoms with Crippen LogP contribution in [0.1, 0.15) is 23.0 Å². The molecule has 0 radical (unpaired) electrons. The molecular weight excluding hydrogens is 356 g/mol. The molecule has 0 saturated heterocycles. The van der Waals surface area contributed by atoms with Gasteiger partial charge in [-0.2, -0.15) is 0 Å². The summed E-state index contributed by atoms with van der Waals surface area (Å²) < 4.78 is 12.9. The van der Waals surface area contributed by atoms with Gasteiger partial charge in [-0.25, -0.2) is 4.79 Å². The maximum absolute atomic E-state index is 12.4. The SMILES string of the molecule is CCOC(=O)c1c(C)n(C)c2ccc(OCC(O)CNc3ccccc3)cc12. The van der Waals surface area contributed by atoms with Crippen LogP contribution in [-0.4, -0.2) is 41.5 Å². The first-order valence-electron chi connectivity index (χ1n) is 9.37. The fourth-order valence-corrected chi connectivity index (χ4v) is 3.14. The fraction of sp³-hybridized carbons (Fsp3) is 0.318. The van der Waals surface area contributed by atoms with Crippen LogP contribution in [0.2, 0.25) is 0 Å². The molecule has 0 saturated carbocycles. The van der Waals surface area contributed by atoms with Crippen molar-refractivity contribution in [2.24, 2.45) is 7.05 Å². The number of rotatable bonds is 8.